The number of amides is 1. The van der Waals surface area contributed by atoms with Crippen LogP contribution in [0.1, 0.15) is 10.4 Å². The third-order valence-corrected chi connectivity index (χ3v) is 3.27. The topological polar surface area (TPSA) is 85.1 Å². The van der Waals surface area contributed by atoms with Crippen molar-refractivity contribution in [1.29, 1.82) is 0 Å². The summed E-state index contributed by atoms with van der Waals surface area (Å²) in [5.74, 6) is -0.384. The Morgan fingerprint density at radius 2 is 2.15 bits per heavy atom. The van der Waals surface area contributed by atoms with E-state index in [1.807, 2.05) is 0 Å². The second kappa shape index (κ2) is 5.98. The van der Waals surface area contributed by atoms with Gasteiger partial charge in [-0.3, -0.25) is 14.9 Å². The van der Waals surface area contributed by atoms with E-state index >= 15 is 0 Å². The molecular formula is C12H7BrClN3O3. The number of nitro benzene ring substituents is 1. The monoisotopic (exact) mass is 355 g/mol. The molecule has 1 amide bonds. The number of aromatic nitrogens is 1. The van der Waals surface area contributed by atoms with Gasteiger partial charge in [-0.1, -0.05) is 11.6 Å². The number of rotatable bonds is 3. The van der Waals surface area contributed by atoms with Gasteiger partial charge in [-0.25, -0.2) is 4.98 Å². The lowest BCUT2D eigenvalue weighted by molar-refractivity contribution is -0.385. The molecule has 1 N–H and O–H groups in total. The Kier molecular flexibility index (Phi) is 4.31. The van der Waals surface area contributed by atoms with E-state index in [1.165, 1.54) is 24.4 Å². The predicted molar refractivity (Wildman–Crippen MR) is 78.0 cm³/mol. The first-order chi connectivity index (χ1) is 9.49. The van der Waals surface area contributed by atoms with Gasteiger partial charge in [-0.05, 0) is 40.2 Å². The molecule has 0 aliphatic carbocycles. The SMILES string of the molecule is O=C(Nc1ncccc1Br)c1cc(Cl)ccc1[N+](=O)[O-]. The summed E-state index contributed by atoms with van der Waals surface area (Å²) in [6.07, 6.45) is 1.49. The molecule has 0 unspecified atom stereocenters. The first-order valence-corrected chi connectivity index (χ1v) is 6.52. The number of anilines is 1. The van der Waals surface area contributed by atoms with E-state index in [4.69, 9.17) is 11.6 Å². The van der Waals surface area contributed by atoms with E-state index in [0.29, 0.717) is 4.47 Å². The molecule has 0 fully saturated rings. The third kappa shape index (κ3) is 3.12. The Labute approximate surface area is 127 Å². The zero-order valence-corrected chi connectivity index (χ0v) is 12.2. The summed E-state index contributed by atoms with van der Waals surface area (Å²) in [6, 6.07) is 7.15. The Morgan fingerprint density at radius 3 is 2.80 bits per heavy atom. The zero-order valence-electron chi connectivity index (χ0n) is 9.84. The predicted octanol–water partition coefficient (Wildman–Crippen LogP) is 3.66. The maximum absolute atomic E-state index is 12.1. The Balaban J connectivity index is 2.37. The summed E-state index contributed by atoms with van der Waals surface area (Å²) in [6.45, 7) is 0. The van der Waals surface area contributed by atoms with Crippen molar-refractivity contribution < 1.29 is 9.72 Å². The van der Waals surface area contributed by atoms with Crippen LogP contribution in [-0.4, -0.2) is 15.8 Å². The van der Waals surface area contributed by atoms with E-state index in [1.54, 1.807) is 12.1 Å². The summed E-state index contributed by atoms with van der Waals surface area (Å²) in [5, 5.41) is 13.6. The second-order valence-electron chi connectivity index (χ2n) is 3.71. The van der Waals surface area contributed by atoms with Crippen molar-refractivity contribution in [2.75, 3.05) is 5.32 Å². The van der Waals surface area contributed by atoms with Crippen LogP contribution >= 0.6 is 27.5 Å². The smallest absolute Gasteiger partial charge is 0.282 e. The van der Waals surface area contributed by atoms with E-state index in [9.17, 15) is 14.9 Å². The van der Waals surface area contributed by atoms with Crippen molar-refractivity contribution in [1.82, 2.24) is 4.98 Å². The van der Waals surface area contributed by atoms with Crippen LogP contribution in [0.25, 0.3) is 0 Å². The Bertz CT molecular complexity index is 693. The summed E-state index contributed by atoms with van der Waals surface area (Å²) in [7, 11) is 0. The third-order valence-electron chi connectivity index (χ3n) is 2.39. The van der Waals surface area contributed by atoms with Crippen LogP contribution in [0, 0.1) is 10.1 Å². The van der Waals surface area contributed by atoms with Crippen LogP contribution in [-0.2, 0) is 0 Å². The zero-order chi connectivity index (χ0) is 14.7. The molecule has 2 aromatic rings. The molecule has 0 aliphatic rings. The van der Waals surface area contributed by atoms with Crippen LogP contribution in [0.5, 0.6) is 0 Å². The summed E-state index contributed by atoms with van der Waals surface area (Å²) in [5.41, 5.74) is -0.445. The average Bonchev–Trinajstić information content (AvgIpc) is 2.40. The molecule has 20 heavy (non-hydrogen) atoms. The molecule has 0 spiro atoms. The van der Waals surface area contributed by atoms with Crippen LogP contribution < -0.4 is 5.32 Å². The van der Waals surface area contributed by atoms with Crippen molar-refractivity contribution in [3.63, 3.8) is 0 Å². The molecule has 1 aromatic heterocycles. The number of carbonyl (C=O) groups excluding carboxylic acids is 1. The number of nitrogens with one attached hydrogen (secondary N) is 1. The molecule has 0 atom stereocenters. The fourth-order valence-electron chi connectivity index (χ4n) is 1.50. The minimum atomic E-state index is -0.654. The van der Waals surface area contributed by atoms with Crippen molar-refractivity contribution in [3.8, 4) is 0 Å². The lowest BCUT2D eigenvalue weighted by atomic mass is 10.1. The maximum Gasteiger partial charge on any atom is 0.282 e. The highest BCUT2D eigenvalue weighted by molar-refractivity contribution is 9.10. The van der Waals surface area contributed by atoms with Crippen molar-refractivity contribution in [2.24, 2.45) is 0 Å². The van der Waals surface area contributed by atoms with Gasteiger partial charge >= 0.3 is 0 Å². The van der Waals surface area contributed by atoms with Gasteiger partial charge < -0.3 is 5.32 Å². The molecule has 0 saturated carbocycles. The van der Waals surface area contributed by atoms with Crippen molar-refractivity contribution in [3.05, 3.63) is 61.7 Å². The Morgan fingerprint density at radius 1 is 1.40 bits per heavy atom. The number of carbonyl (C=O) groups is 1. The molecule has 1 heterocycles. The van der Waals surface area contributed by atoms with Gasteiger partial charge in [0.2, 0.25) is 0 Å². The van der Waals surface area contributed by atoms with Gasteiger partial charge in [0.05, 0.1) is 9.40 Å². The van der Waals surface area contributed by atoms with Crippen LogP contribution in [0.4, 0.5) is 11.5 Å². The van der Waals surface area contributed by atoms with Crippen LogP contribution in [0.2, 0.25) is 5.02 Å². The normalized spacial score (nSPS) is 10.1. The van der Waals surface area contributed by atoms with Crippen molar-refractivity contribution >= 4 is 44.9 Å². The molecule has 1 aromatic carbocycles. The molecule has 0 bridgehead atoms. The van der Waals surface area contributed by atoms with Gasteiger partial charge in [0.15, 0.2) is 0 Å². The first kappa shape index (κ1) is 14.4. The largest absolute Gasteiger partial charge is 0.305 e. The van der Waals surface area contributed by atoms with Crippen molar-refractivity contribution in [2.45, 2.75) is 0 Å². The molecule has 8 heteroatoms. The highest BCUT2D eigenvalue weighted by atomic mass is 79.9. The molecule has 2 rings (SSSR count). The number of pyridine rings is 1. The second-order valence-corrected chi connectivity index (χ2v) is 5.00. The lowest BCUT2D eigenvalue weighted by Crippen LogP contribution is -2.15. The molecular weight excluding hydrogens is 350 g/mol. The number of halogens is 2. The molecule has 6 nitrogen and oxygen atoms in total. The molecule has 102 valence electrons. The minimum absolute atomic E-state index is 0.125. The highest BCUT2D eigenvalue weighted by Crippen LogP contribution is 2.25. The molecule has 0 radical (unpaired) electrons. The van der Waals surface area contributed by atoms with Crippen LogP contribution in [0.15, 0.2) is 41.0 Å². The average molecular weight is 357 g/mol. The fraction of sp³-hybridized carbons (Fsp3) is 0. The number of hydrogen-bond acceptors (Lipinski definition) is 4. The highest BCUT2D eigenvalue weighted by Gasteiger charge is 2.21. The summed E-state index contributed by atoms with van der Waals surface area (Å²) >= 11 is 8.99. The number of hydrogen-bond donors (Lipinski definition) is 1. The van der Waals surface area contributed by atoms with E-state index in [-0.39, 0.29) is 22.1 Å². The molecule has 0 aliphatic heterocycles. The van der Waals surface area contributed by atoms with E-state index in [2.05, 4.69) is 26.2 Å². The van der Waals surface area contributed by atoms with Gasteiger partial charge in [0, 0.05) is 17.3 Å². The Hall–Kier alpha value is -1.99. The van der Waals surface area contributed by atoms with E-state index in [0.717, 1.165) is 0 Å². The number of nitrogens with zero attached hydrogens (tertiary/aromatic N) is 2. The van der Waals surface area contributed by atoms with Crippen LogP contribution in [0.3, 0.4) is 0 Å². The fourth-order valence-corrected chi connectivity index (χ4v) is 2.03. The molecule has 0 saturated heterocycles. The maximum atomic E-state index is 12.1. The first-order valence-electron chi connectivity index (χ1n) is 5.35. The standard InChI is InChI=1S/C12H7BrClN3O3/c13-9-2-1-5-15-11(9)16-12(18)8-6-7(14)3-4-10(8)17(19)20/h1-6H,(H,15,16,18). The summed E-state index contributed by atoms with van der Waals surface area (Å²) in [4.78, 5) is 26.3. The lowest BCUT2D eigenvalue weighted by Gasteiger charge is -2.06. The number of benzene rings is 1. The van der Waals surface area contributed by atoms with Gasteiger partial charge in [-0.2, -0.15) is 0 Å². The van der Waals surface area contributed by atoms with Gasteiger partial charge in [0.1, 0.15) is 11.4 Å². The number of nitro groups is 1. The summed E-state index contributed by atoms with van der Waals surface area (Å²) < 4.78 is 0.568. The van der Waals surface area contributed by atoms with Gasteiger partial charge in [-0.15, -0.1) is 0 Å². The quantitative estimate of drug-likeness (QED) is 0.672. The van der Waals surface area contributed by atoms with E-state index < -0.39 is 10.8 Å². The van der Waals surface area contributed by atoms with Gasteiger partial charge in [0.25, 0.3) is 11.6 Å². The minimum Gasteiger partial charge on any atom is -0.305 e.